The molecule has 0 radical (unpaired) electrons. The average Bonchev–Trinajstić information content (AvgIpc) is 2.91. The maximum atomic E-state index is 11.8. The molecule has 1 saturated heterocycles. The van der Waals surface area contributed by atoms with E-state index in [1.54, 1.807) is 24.3 Å². The molecule has 1 aromatic rings. The minimum atomic E-state index is -0.861. The molecule has 0 bridgehead atoms. The Kier molecular flexibility index (Phi) is 5.12. The smallest absolute Gasteiger partial charge is 0.307 e. The molecule has 1 amide bonds. The first-order valence-electron chi connectivity index (χ1n) is 6.82. The number of carbonyl (C=O) groups excluding carboxylic acids is 1. The van der Waals surface area contributed by atoms with Gasteiger partial charge in [-0.3, -0.25) is 9.59 Å². The van der Waals surface area contributed by atoms with Crippen molar-refractivity contribution in [2.75, 3.05) is 18.5 Å². The maximum Gasteiger partial charge on any atom is 0.307 e. The summed E-state index contributed by atoms with van der Waals surface area (Å²) < 4.78 is 5.27. The summed E-state index contributed by atoms with van der Waals surface area (Å²) in [5, 5.41) is 11.5. The lowest BCUT2D eigenvalue weighted by atomic mass is 10.0. The molecule has 1 fully saturated rings. The van der Waals surface area contributed by atoms with Gasteiger partial charge in [0.05, 0.1) is 6.42 Å². The number of carbonyl (C=O) groups is 2. The number of amides is 1. The summed E-state index contributed by atoms with van der Waals surface area (Å²) in [6, 6.07) is 6.90. The van der Waals surface area contributed by atoms with Gasteiger partial charge in [0, 0.05) is 25.3 Å². The van der Waals surface area contributed by atoms with Crippen molar-refractivity contribution in [2.45, 2.75) is 25.7 Å². The number of anilines is 1. The van der Waals surface area contributed by atoms with Crippen LogP contribution in [0.2, 0.25) is 0 Å². The fourth-order valence-corrected chi connectivity index (χ4v) is 2.25. The molecule has 0 saturated carbocycles. The number of carboxylic acid groups (broad SMARTS) is 1. The Morgan fingerprint density at radius 3 is 2.65 bits per heavy atom. The third-order valence-electron chi connectivity index (χ3n) is 3.40. The van der Waals surface area contributed by atoms with E-state index < -0.39 is 5.97 Å². The van der Waals surface area contributed by atoms with Crippen molar-refractivity contribution in [3.8, 4) is 0 Å². The van der Waals surface area contributed by atoms with E-state index >= 15 is 0 Å². The number of benzene rings is 1. The van der Waals surface area contributed by atoms with Gasteiger partial charge in [-0.05, 0) is 36.5 Å². The Morgan fingerprint density at radius 2 is 2.05 bits per heavy atom. The first-order chi connectivity index (χ1) is 9.63. The van der Waals surface area contributed by atoms with Gasteiger partial charge < -0.3 is 15.2 Å². The molecule has 1 unspecified atom stereocenters. The zero-order chi connectivity index (χ0) is 14.4. The van der Waals surface area contributed by atoms with Crippen LogP contribution in [-0.2, 0) is 20.7 Å². The van der Waals surface area contributed by atoms with E-state index in [0.29, 0.717) is 18.0 Å². The summed E-state index contributed by atoms with van der Waals surface area (Å²) in [7, 11) is 0. The van der Waals surface area contributed by atoms with Crippen molar-refractivity contribution in [1.29, 1.82) is 0 Å². The standard InChI is InChI=1S/C15H19NO4/c17-14(6-3-12-7-8-20-10-12)16-13-4-1-11(2-5-13)9-15(18)19/h1-2,4-5,12H,3,6-10H2,(H,16,17)(H,18,19). The molecule has 1 aliphatic heterocycles. The molecule has 0 aliphatic carbocycles. The van der Waals surface area contributed by atoms with Gasteiger partial charge in [-0.2, -0.15) is 0 Å². The van der Waals surface area contributed by atoms with Crippen LogP contribution in [0.25, 0.3) is 0 Å². The second kappa shape index (κ2) is 7.05. The van der Waals surface area contributed by atoms with Crippen LogP contribution in [-0.4, -0.2) is 30.2 Å². The van der Waals surface area contributed by atoms with Gasteiger partial charge in [-0.25, -0.2) is 0 Å². The number of nitrogens with one attached hydrogen (secondary N) is 1. The Bertz CT molecular complexity index is 463. The lowest BCUT2D eigenvalue weighted by Crippen LogP contribution is -2.13. The van der Waals surface area contributed by atoms with E-state index in [-0.39, 0.29) is 12.3 Å². The van der Waals surface area contributed by atoms with Crippen molar-refractivity contribution in [3.63, 3.8) is 0 Å². The number of ether oxygens (including phenoxy) is 1. The molecule has 2 N–H and O–H groups in total. The van der Waals surface area contributed by atoms with Gasteiger partial charge in [0.2, 0.25) is 5.91 Å². The van der Waals surface area contributed by atoms with Gasteiger partial charge >= 0.3 is 5.97 Å². The van der Waals surface area contributed by atoms with E-state index in [4.69, 9.17) is 9.84 Å². The van der Waals surface area contributed by atoms with E-state index in [1.165, 1.54) is 0 Å². The highest BCUT2D eigenvalue weighted by Crippen LogP contribution is 2.18. The lowest BCUT2D eigenvalue weighted by Gasteiger charge is -2.08. The van der Waals surface area contributed by atoms with E-state index in [2.05, 4.69) is 5.32 Å². The van der Waals surface area contributed by atoms with Crippen LogP contribution < -0.4 is 5.32 Å². The third-order valence-corrected chi connectivity index (χ3v) is 3.40. The van der Waals surface area contributed by atoms with Gasteiger partial charge in [0.25, 0.3) is 0 Å². The van der Waals surface area contributed by atoms with Crippen molar-refractivity contribution < 1.29 is 19.4 Å². The molecule has 108 valence electrons. The lowest BCUT2D eigenvalue weighted by molar-refractivity contribution is -0.136. The van der Waals surface area contributed by atoms with Crippen molar-refractivity contribution in [3.05, 3.63) is 29.8 Å². The highest BCUT2D eigenvalue weighted by molar-refractivity contribution is 5.90. The number of aliphatic carboxylic acids is 1. The fourth-order valence-electron chi connectivity index (χ4n) is 2.25. The van der Waals surface area contributed by atoms with Gasteiger partial charge in [-0.15, -0.1) is 0 Å². The summed E-state index contributed by atoms with van der Waals surface area (Å²) in [4.78, 5) is 22.3. The molecule has 1 aliphatic rings. The Hall–Kier alpha value is -1.88. The SMILES string of the molecule is O=C(O)Cc1ccc(NC(=O)CCC2CCOC2)cc1. The number of hydrogen-bond acceptors (Lipinski definition) is 3. The highest BCUT2D eigenvalue weighted by Gasteiger charge is 2.16. The summed E-state index contributed by atoms with van der Waals surface area (Å²) >= 11 is 0. The molecule has 0 aromatic heterocycles. The fraction of sp³-hybridized carbons (Fsp3) is 0.467. The van der Waals surface area contributed by atoms with Crippen LogP contribution >= 0.6 is 0 Å². The molecular formula is C15H19NO4. The number of hydrogen-bond donors (Lipinski definition) is 2. The highest BCUT2D eigenvalue weighted by atomic mass is 16.5. The van der Waals surface area contributed by atoms with Crippen molar-refractivity contribution in [2.24, 2.45) is 5.92 Å². The topological polar surface area (TPSA) is 75.6 Å². The van der Waals surface area contributed by atoms with Gasteiger partial charge in [-0.1, -0.05) is 12.1 Å². The maximum absolute atomic E-state index is 11.8. The molecule has 5 nitrogen and oxygen atoms in total. The predicted octanol–water partition coefficient (Wildman–Crippen LogP) is 2.07. The average molecular weight is 277 g/mol. The van der Waals surface area contributed by atoms with Crippen molar-refractivity contribution >= 4 is 17.6 Å². The van der Waals surface area contributed by atoms with Gasteiger partial charge in [0.1, 0.15) is 0 Å². The first-order valence-corrected chi connectivity index (χ1v) is 6.82. The molecule has 1 heterocycles. The second-order valence-corrected chi connectivity index (χ2v) is 5.08. The van der Waals surface area contributed by atoms with Crippen LogP contribution in [0.3, 0.4) is 0 Å². The summed E-state index contributed by atoms with van der Waals surface area (Å²) in [6.45, 7) is 1.56. The summed E-state index contributed by atoms with van der Waals surface area (Å²) in [5.41, 5.74) is 1.42. The molecule has 2 rings (SSSR count). The summed E-state index contributed by atoms with van der Waals surface area (Å²) in [5.74, 6) is -0.373. The van der Waals surface area contributed by atoms with Gasteiger partial charge in [0.15, 0.2) is 0 Å². The normalized spacial score (nSPS) is 17.9. The zero-order valence-corrected chi connectivity index (χ0v) is 11.3. The summed E-state index contributed by atoms with van der Waals surface area (Å²) in [6.07, 6.45) is 2.38. The van der Waals surface area contributed by atoms with Crippen LogP contribution in [0.1, 0.15) is 24.8 Å². The second-order valence-electron chi connectivity index (χ2n) is 5.08. The van der Waals surface area contributed by atoms with E-state index in [1.807, 2.05) is 0 Å². The van der Waals surface area contributed by atoms with Crippen LogP contribution in [0.4, 0.5) is 5.69 Å². The minimum absolute atomic E-state index is 0.00406. The number of rotatable bonds is 6. The Labute approximate surface area is 117 Å². The monoisotopic (exact) mass is 277 g/mol. The molecular weight excluding hydrogens is 258 g/mol. The predicted molar refractivity (Wildman–Crippen MR) is 74.6 cm³/mol. The number of carboxylic acids is 1. The molecule has 20 heavy (non-hydrogen) atoms. The Morgan fingerprint density at radius 1 is 1.30 bits per heavy atom. The minimum Gasteiger partial charge on any atom is -0.481 e. The van der Waals surface area contributed by atoms with E-state index in [0.717, 1.165) is 31.6 Å². The third kappa shape index (κ3) is 4.66. The Balaban J connectivity index is 1.76. The zero-order valence-electron chi connectivity index (χ0n) is 11.3. The molecule has 1 atom stereocenters. The quantitative estimate of drug-likeness (QED) is 0.834. The van der Waals surface area contributed by atoms with Crippen molar-refractivity contribution in [1.82, 2.24) is 0 Å². The largest absolute Gasteiger partial charge is 0.481 e. The van der Waals surface area contributed by atoms with Crippen LogP contribution in [0.15, 0.2) is 24.3 Å². The first kappa shape index (κ1) is 14.5. The van der Waals surface area contributed by atoms with Crippen LogP contribution in [0.5, 0.6) is 0 Å². The molecule has 1 aromatic carbocycles. The van der Waals surface area contributed by atoms with Crippen LogP contribution in [0, 0.1) is 5.92 Å². The molecule has 0 spiro atoms. The van der Waals surface area contributed by atoms with E-state index in [9.17, 15) is 9.59 Å². The molecule has 5 heteroatoms.